The molecule has 0 aliphatic carbocycles. The summed E-state index contributed by atoms with van der Waals surface area (Å²) in [5.41, 5.74) is 0.319. The van der Waals surface area contributed by atoms with Crippen molar-refractivity contribution in [1.29, 1.82) is 0 Å². The molecule has 0 fully saturated rings. The highest BCUT2D eigenvalue weighted by Crippen LogP contribution is 2.11. The maximum Gasteiger partial charge on any atom is 0.269 e. The largest absolute Gasteiger partial charge is 0.467 e. The zero-order chi connectivity index (χ0) is 12.1. The van der Waals surface area contributed by atoms with E-state index >= 15 is 0 Å². The molecule has 0 aliphatic heterocycles. The van der Waals surface area contributed by atoms with E-state index in [1.165, 1.54) is 12.5 Å². The van der Waals surface area contributed by atoms with E-state index in [0.29, 0.717) is 11.5 Å². The van der Waals surface area contributed by atoms with Gasteiger partial charge in [0.25, 0.3) is 5.91 Å². The third kappa shape index (κ3) is 2.92. The summed E-state index contributed by atoms with van der Waals surface area (Å²) in [5.74, 6) is 0.0996. The fourth-order valence-corrected chi connectivity index (χ4v) is 1.36. The summed E-state index contributed by atoms with van der Waals surface area (Å²) in [6, 6.07) is 8.39. The van der Waals surface area contributed by atoms with Gasteiger partial charge in [-0.25, -0.2) is 0 Å². The average Bonchev–Trinajstić information content (AvgIpc) is 2.90. The molecule has 0 saturated heterocycles. The van der Waals surface area contributed by atoms with Crippen LogP contribution in [0.3, 0.4) is 0 Å². The lowest BCUT2D eigenvalue weighted by Gasteiger charge is -2.08. The Bertz CT molecular complexity index is 468. The minimum Gasteiger partial charge on any atom is -0.467 e. The molecule has 0 radical (unpaired) electrons. The van der Waals surface area contributed by atoms with Crippen molar-refractivity contribution in [2.75, 3.05) is 6.54 Å². The van der Waals surface area contributed by atoms with Gasteiger partial charge in [-0.3, -0.25) is 9.78 Å². The molecular weight excluding hydrogens is 220 g/mol. The van der Waals surface area contributed by atoms with E-state index in [-0.39, 0.29) is 12.5 Å². The van der Waals surface area contributed by atoms with Crippen molar-refractivity contribution in [1.82, 2.24) is 10.3 Å². The molecule has 2 rings (SSSR count). The zero-order valence-corrected chi connectivity index (χ0v) is 9.04. The van der Waals surface area contributed by atoms with Crippen LogP contribution >= 0.6 is 0 Å². The first-order valence-electron chi connectivity index (χ1n) is 5.18. The number of aliphatic hydroxyl groups excluding tert-OH is 1. The van der Waals surface area contributed by atoms with Crippen molar-refractivity contribution in [3.8, 4) is 0 Å². The molecule has 2 aromatic heterocycles. The molecule has 2 aromatic rings. The van der Waals surface area contributed by atoms with Gasteiger partial charge in [-0.1, -0.05) is 6.07 Å². The van der Waals surface area contributed by atoms with Crippen molar-refractivity contribution < 1.29 is 14.3 Å². The number of hydrogen-bond donors (Lipinski definition) is 2. The number of aromatic nitrogens is 1. The molecule has 1 unspecified atom stereocenters. The number of carbonyl (C=O) groups is 1. The summed E-state index contributed by atoms with van der Waals surface area (Å²) < 4.78 is 5.02. The van der Waals surface area contributed by atoms with Crippen LogP contribution in [0.5, 0.6) is 0 Å². The molecule has 0 aliphatic rings. The van der Waals surface area contributed by atoms with Gasteiger partial charge in [0.15, 0.2) is 0 Å². The Kier molecular flexibility index (Phi) is 3.52. The number of nitrogens with zero attached hydrogens (tertiary/aromatic N) is 1. The van der Waals surface area contributed by atoms with Gasteiger partial charge in [-0.15, -0.1) is 0 Å². The first kappa shape index (κ1) is 11.3. The standard InChI is InChI=1S/C12H12N2O3/c15-10(11-5-3-7-17-11)8-14-12(16)9-4-1-2-6-13-9/h1-7,10,15H,8H2,(H,14,16). The molecule has 17 heavy (non-hydrogen) atoms. The molecule has 0 saturated carbocycles. The monoisotopic (exact) mass is 232 g/mol. The maximum absolute atomic E-state index is 11.6. The van der Waals surface area contributed by atoms with Crippen LogP contribution in [-0.2, 0) is 0 Å². The lowest BCUT2D eigenvalue weighted by Crippen LogP contribution is -2.28. The zero-order valence-electron chi connectivity index (χ0n) is 9.04. The van der Waals surface area contributed by atoms with Crippen molar-refractivity contribution in [2.24, 2.45) is 0 Å². The lowest BCUT2D eigenvalue weighted by atomic mass is 10.2. The Balaban J connectivity index is 1.89. The van der Waals surface area contributed by atoms with Crippen LogP contribution in [0, 0.1) is 0 Å². The Morgan fingerprint density at radius 3 is 2.94 bits per heavy atom. The summed E-state index contributed by atoms with van der Waals surface area (Å²) in [7, 11) is 0. The fourth-order valence-electron chi connectivity index (χ4n) is 1.36. The summed E-state index contributed by atoms with van der Waals surface area (Å²) in [4.78, 5) is 15.5. The number of amides is 1. The molecule has 1 atom stereocenters. The Labute approximate surface area is 98.1 Å². The molecule has 5 heteroatoms. The highest BCUT2D eigenvalue weighted by molar-refractivity contribution is 5.92. The smallest absolute Gasteiger partial charge is 0.269 e. The maximum atomic E-state index is 11.6. The third-order valence-corrected chi connectivity index (χ3v) is 2.23. The predicted octanol–water partition coefficient (Wildman–Crippen LogP) is 1.14. The van der Waals surface area contributed by atoms with Crippen molar-refractivity contribution >= 4 is 5.91 Å². The first-order chi connectivity index (χ1) is 8.27. The highest BCUT2D eigenvalue weighted by Gasteiger charge is 2.12. The van der Waals surface area contributed by atoms with Gasteiger partial charge in [0.2, 0.25) is 0 Å². The number of carbonyl (C=O) groups excluding carboxylic acids is 1. The average molecular weight is 232 g/mol. The molecule has 0 spiro atoms. The quantitative estimate of drug-likeness (QED) is 0.828. The third-order valence-electron chi connectivity index (χ3n) is 2.23. The molecule has 2 N–H and O–H groups in total. The number of pyridine rings is 1. The van der Waals surface area contributed by atoms with Gasteiger partial charge < -0.3 is 14.8 Å². The first-order valence-corrected chi connectivity index (χ1v) is 5.18. The van der Waals surface area contributed by atoms with Gasteiger partial charge in [0.1, 0.15) is 17.6 Å². The molecule has 1 amide bonds. The fraction of sp³-hybridized carbons (Fsp3) is 0.167. The van der Waals surface area contributed by atoms with Crippen LogP contribution in [0.25, 0.3) is 0 Å². The Morgan fingerprint density at radius 2 is 2.29 bits per heavy atom. The van der Waals surface area contributed by atoms with Crippen molar-refractivity contribution in [3.63, 3.8) is 0 Å². The highest BCUT2D eigenvalue weighted by atomic mass is 16.4. The number of rotatable bonds is 4. The minimum atomic E-state index is -0.849. The lowest BCUT2D eigenvalue weighted by molar-refractivity contribution is 0.0896. The Hall–Kier alpha value is -2.14. The van der Waals surface area contributed by atoms with Crippen molar-refractivity contribution in [2.45, 2.75) is 6.10 Å². The van der Waals surface area contributed by atoms with Gasteiger partial charge in [0, 0.05) is 6.20 Å². The van der Waals surface area contributed by atoms with Gasteiger partial charge in [0.05, 0.1) is 12.8 Å². The summed E-state index contributed by atoms with van der Waals surface area (Å²) in [5, 5.41) is 12.3. The van der Waals surface area contributed by atoms with Crippen LogP contribution in [0.2, 0.25) is 0 Å². The van der Waals surface area contributed by atoms with Crippen LogP contribution in [0.1, 0.15) is 22.4 Å². The van der Waals surface area contributed by atoms with Crippen LogP contribution in [0.4, 0.5) is 0 Å². The van der Waals surface area contributed by atoms with E-state index in [1.54, 1.807) is 30.3 Å². The molecule has 2 heterocycles. The molecule has 0 aromatic carbocycles. The van der Waals surface area contributed by atoms with Crippen molar-refractivity contribution in [3.05, 3.63) is 54.2 Å². The second kappa shape index (κ2) is 5.27. The number of aliphatic hydroxyl groups is 1. The molecular formula is C12H12N2O3. The molecule has 0 bridgehead atoms. The topological polar surface area (TPSA) is 75.4 Å². The minimum absolute atomic E-state index is 0.0862. The van der Waals surface area contributed by atoms with Crippen LogP contribution in [0.15, 0.2) is 47.2 Å². The second-order valence-electron chi connectivity index (χ2n) is 3.46. The SMILES string of the molecule is O=C(NCC(O)c1ccco1)c1ccccn1. The van der Waals surface area contributed by atoms with Crippen LogP contribution in [-0.4, -0.2) is 22.5 Å². The van der Waals surface area contributed by atoms with E-state index in [4.69, 9.17) is 4.42 Å². The van der Waals surface area contributed by atoms with Gasteiger partial charge >= 0.3 is 0 Å². The van der Waals surface area contributed by atoms with E-state index in [9.17, 15) is 9.90 Å². The summed E-state index contributed by atoms with van der Waals surface area (Å²) in [6.07, 6.45) is 2.16. The molecule has 88 valence electrons. The van der Waals surface area contributed by atoms with E-state index in [2.05, 4.69) is 10.3 Å². The van der Waals surface area contributed by atoms with E-state index < -0.39 is 6.10 Å². The molecule has 5 nitrogen and oxygen atoms in total. The van der Waals surface area contributed by atoms with Gasteiger partial charge in [-0.05, 0) is 24.3 Å². The Morgan fingerprint density at radius 1 is 1.41 bits per heavy atom. The van der Waals surface area contributed by atoms with E-state index in [0.717, 1.165) is 0 Å². The van der Waals surface area contributed by atoms with Crippen LogP contribution < -0.4 is 5.32 Å². The second-order valence-corrected chi connectivity index (χ2v) is 3.46. The summed E-state index contributed by atoms with van der Waals surface area (Å²) >= 11 is 0. The predicted molar refractivity (Wildman–Crippen MR) is 60.2 cm³/mol. The summed E-state index contributed by atoms with van der Waals surface area (Å²) in [6.45, 7) is 0.0862. The number of furan rings is 1. The number of nitrogens with one attached hydrogen (secondary N) is 1. The van der Waals surface area contributed by atoms with Gasteiger partial charge in [-0.2, -0.15) is 0 Å². The normalized spacial score (nSPS) is 12.1. The number of hydrogen-bond acceptors (Lipinski definition) is 4. The van der Waals surface area contributed by atoms with E-state index in [1.807, 2.05) is 0 Å².